The third-order valence-electron chi connectivity index (χ3n) is 6.37. The summed E-state index contributed by atoms with van der Waals surface area (Å²) in [6.45, 7) is 1.92. The Balaban J connectivity index is 1.36. The minimum atomic E-state index is 0.417. The standard InChI is InChI=1S/C24H27N5/c1-29(23-9-3-5-17-7-4-11-26-24(17)23)15-19-13-21-18(14-27-19)6-2-8-20(21)22-10-12-25-16-28-22/h2,4,6-8,10-12,16,19,23,27H,3,5,9,13-15H2,1H3/t19-,23+/m1/s1. The van der Waals surface area contributed by atoms with E-state index >= 15 is 0 Å². The van der Waals surface area contributed by atoms with Crippen LogP contribution in [-0.2, 0) is 19.4 Å². The van der Waals surface area contributed by atoms with E-state index in [4.69, 9.17) is 4.98 Å². The molecule has 0 radical (unpaired) electrons. The molecule has 148 valence electrons. The molecule has 0 saturated carbocycles. The first kappa shape index (κ1) is 18.4. The Morgan fingerprint density at radius 1 is 1.07 bits per heavy atom. The molecule has 5 nitrogen and oxygen atoms in total. The number of aromatic nitrogens is 3. The Hall–Kier alpha value is -2.63. The minimum Gasteiger partial charge on any atom is -0.308 e. The topological polar surface area (TPSA) is 53.9 Å². The van der Waals surface area contributed by atoms with E-state index in [0.29, 0.717) is 12.1 Å². The van der Waals surface area contributed by atoms with Gasteiger partial charge in [-0.2, -0.15) is 0 Å². The molecule has 2 aromatic heterocycles. The van der Waals surface area contributed by atoms with Crippen molar-refractivity contribution >= 4 is 0 Å². The summed E-state index contributed by atoms with van der Waals surface area (Å²) >= 11 is 0. The van der Waals surface area contributed by atoms with Crippen LogP contribution in [0.1, 0.15) is 41.3 Å². The summed E-state index contributed by atoms with van der Waals surface area (Å²) in [4.78, 5) is 15.8. The Labute approximate surface area is 172 Å². The highest BCUT2D eigenvalue weighted by molar-refractivity contribution is 5.65. The zero-order valence-electron chi connectivity index (χ0n) is 16.9. The smallest absolute Gasteiger partial charge is 0.116 e. The number of aryl methyl sites for hydroxylation is 1. The molecule has 3 heterocycles. The van der Waals surface area contributed by atoms with Crippen LogP contribution in [0.15, 0.2) is 55.1 Å². The first-order chi connectivity index (χ1) is 14.3. The SMILES string of the molecule is CN(C[C@H]1Cc2c(cccc2-c2ccncn2)CN1)[C@H]1CCCc2cccnc21. The maximum absolute atomic E-state index is 4.73. The second-order valence-electron chi connectivity index (χ2n) is 8.22. The van der Waals surface area contributed by atoms with Crippen LogP contribution < -0.4 is 5.32 Å². The molecule has 2 aliphatic rings. The van der Waals surface area contributed by atoms with Gasteiger partial charge in [-0.05, 0) is 61.6 Å². The second-order valence-corrected chi connectivity index (χ2v) is 8.22. The van der Waals surface area contributed by atoms with Gasteiger partial charge in [0.2, 0.25) is 0 Å². The fraction of sp³-hybridized carbons (Fsp3) is 0.375. The maximum Gasteiger partial charge on any atom is 0.116 e. The highest BCUT2D eigenvalue weighted by atomic mass is 15.2. The van der Waals surface area contributed by atoms with E-state index in [9.17, 15) is 0 Å². The molecule has 0 bridgehead atoms. The van der Waals surface area contributed by atoms with Gasteiger partial charge in [0.15, 0.2) is 0 Å². The molecule has 5 rings (SSSR count). The molecule has 3 aromatic rings. The molecule has 0 amide bonds. The number of hydrogen-bond acceptors (Lipinski definition) is 5. The highest BCUT2D eigenvalue weighted by Crippen LogP contribution is 2.33. The lowest BCUT2D eigenvalue weighted by Crippen LogP contribution is -2.45. The fourth-order valence-corrected chi connectivity index (χ4v) is 4.92. The van der Waals surface area contributed by atoms with Gasteiger partial charge in [-0.15, -0.1) is 0 Å². The van der Waals surface area contributed by atoms with Gasteiger partial charge >= 0.3 is 0 Å². The Morgan fingerprint density at radius 2 is 2.00 bits per heavy atom. The highest BCUT2D eigenvalue weighted by Gasteiger charge is 2.28. The minimum absolute atomic E-state index is 0.417. The number of hydrogen-bond donors (Lipinski definition) is 1. The zero-order valence-corrected chi connectivity index (χ0v) is 16.9. The first-order valence-electron chi connectivity index (χ1n) is 10.5. The second kappa shape index (κ2) is 8.01. The molecule has 1 aromatic carbocycles. The van der Waals surface area contributed by atoms with Gasteiger partial charge in [-0.25, -0.2) is 9.97 Å². The molecule has 29 heavy (non-hydrogen) atoms. The molecule has 0 unspecified atom stereocenters. The molecule has 0 saturated heterocycles. The van der Waals surface area contributed by atoms with Crippen LogP contribution in [0.25, 0.3) is 11.3 Å². The number of fused-ring (bicyclic) bond motifs is 2. The van der Waals surface area contributed by atoms with Gasteiger partial charge in [0, 0.05) is 37.1 Å². The number of likely N-dealkylation sites (N-methyl/N-ethyl adjacent to an activating group) is 1. The lowest BCUT2D eigenvalue weighted by Gasteiger charge is -2.36. The van der Waals surface area contributed by atoms with Crippen molar-refractivity contribution in [2.45, 2.75) is 44.3 Å². The van der Waals surface area contributed by atoms with E-state index < -0.39 is 0 Å². The Bertz CT molecular complexity index is 988. The molecule has 1 aliphatic heterocycles. The average Bonchev–Trinajstić information content (AvgIpc) is 2.79. The molecule has 0 spiro atoms. The summed E-state index contributed by atoms with van der Waals surface area (Å²) < 4.78 is 0. The Kier molecular flexibility index (Phi) is 5.08. The van der Waals surface area contributed by atoms with E-state index in [0.717, 1.165) is 31.6 Å². The predicted octanol–water partition coefficient (Wildman–Crippen LogP) is 3.56. The predicted molar refractivity (Wildman–Crippen MR) is 114 cm³/mol. The van der Waals surface area contributed by atoms with E-state index in [1.165, 1.54) is 40.8 Å². The monoisotopic (exact) mass is 385 g/mol. The van der Waals surface area contributed by atoms with Crippen LogP contribution in [-0.4, -0.2) is 39.5 Å². The number of rotatable bonds is 4. The van der Waals surface area contributed by atoms with Gasteiger partial charge in [-0.3, -0.25) is 9.88 Å². The van der Waals surface area contributed by atoms with E-state index in [2.05, 4.69) is 57.6 Å². The van der Waals surface area contributed by atoms with Gasteiger partial charge < -0.3 is 5.32 Å². The number of nitrogens with zero attached hydrogens (tertiary/aromatic N) is 4. The molecule has 2 atom stereocenters. The van der Waals surface area contributed by atoms with Gasteiger partial charge in [0.25, 0.3) is 0 Å². The quantitative estimate of drug-likeness (QED) is 0.744. The summed E-state index contributed by atoms with van der Waals surface area (Å²) in [5, 5.41) is 3.75. The molecule has 5 heteroatoms. The molecular formula is C24H27N5. The third-order valence-corrected chi connectivity index (χ3v) is 6.37. The molecule has 1 aliphatic carbocycles. The van der Waals surface area contributed by atoms with Crippen LogP contribution >= 0.6 is 0 Å². The van der Waals surface area contributed by atoms with Crippen molar-refractivity contribution in [1.29, 1.82) is 0 Å². The maximum atomic E-state index is 4.73. The van der Waals surface area contributed by atoms with Crippen molar-refractivity contribution in [1.82, 2.24) is 25.2 Å². The summed E-state index contributed by atoms with van der Waals surface area (Å²) in [7, 11) is 2.25. The van der Waals surface area contributed by atoms with Crippen LogP contribution in [0.4, 0.5) is 0 Å². The van der Waals surface area contributed by atoms with Crippen molar-refractivity contribution in [3.63, 3.8) is 0 Å². The largest absolute Gasteiger partial charge is 0.308 e. The molecular weight excluding hydrogens is 358 g/mol. The van der Waals surface area contributed by atoms with E-state index in [1.807, 2.05) is 18.5 Å². The van der Waals surface area contributed by atoms with Crippen molar-refractivity contribution in [2.75, 3.05) is 13.6 Å². The molecule has 1 N–H and O–H groups in total. The Morgan fingerprint density at radius 3 is 2.90 bits per heavy atom. The third kappa shape index (κ3) is 3.68. The van der Waals surface area contributed by atoms with Crippen LogP contribution in [0.2, 0.25) is 0 Å². The molecule has 0 fully saturated rings. The van der Waals surface area contributed by atoms with E-state index in [-0.39, 0.29) is 0 Å². The van der Waals surface area contributed by atoms with Crippen LogP contribution in [0.5, 0.6) is 0 Å². The van der Waals surface area contributed by atoms with Gasteiger partial charge in [0.1, 0.15) is 6.33 Å². The number of benzene rings is 1. The summed E-state index contributed by atoms with van der Waals surface area (Å²) in [6, 6.07) is 13.7. The van der Waals surface area contributed by atoms with Crippen molar-refractivity contribution < 1.29 is 0 Å². The number of pyridine rings is 1. The summed E-state index contributed by atoms with van der Waals surface area (Å²) in [6.07, 6.45) is 10.00. The normalized spacial score (nSPS) is 20.9. The summed E-state index contributed by atoms with van der Waals surface area (Å²) in [5.74, 6) is 0. The van der Waals surface area contributed by atoms with Crippen LogP contribution in [0, 0.1) is 0 Å². The van der Waals surface area contributed by atoms with Gasteiger partial charge in [0.05, 0.1) is 17.4 Å². The zero-order chi connectivity index (χ0) is 19.6. The fourth-order valence-electron chi connectivity index (χ4n) is 4.92. The van der Waals surface area contributed by atoms with Crippen molar-refractivity contribution in [3.05, 3.63) is 77.5 Å². The van der Waals surface area contributed by atoms with Crippen molar-refractivity contribution in [2.24, 2.45) is 0 Å². The lowest BCUT2D eigenvalue weighted by molar-refractivity contribution is 0.191. The van der Waals surface area contributed by atoms with E-state index in [1.54, 1.807) is 6.33 Å². The van der Waals surface area contributed by atoms with Gasteiger partial charge in [-0.1, -0.05) is 24.3 Å². The van der Waals surface area contributed by atoms with Crippen molar-refractivity contribution in [3.8, 4) is 11.3 Å². The summed E-state index contributed by atoms with van der Waals surface area (Å²) in [5.41, 5.74) is 7.75. The lowest BCUT2D eigenvalue weighted by atomic mass is 9.88. The number of nitrogens with one attached hydrogen (secondary N) is 1. The van der Waals surface area contributed by atoms with Crippen LogP contribution in [0.3, 0.4) is 0 Å². The first-order valence-corrected chi connectivity index (χ1v) is 10.5. The average molecular weight is 386 g/mol.